The zero-order valence-corrected chi connectivity index (χ0v) is 19.0. The Morgan fingerprint density at radius 3 is 2.59 bits per heavy atom. The number of halogens is 6. The van der Waals surface area contributed by atoms with Gasteiger partial charge in [-0.15, -0.1) is 11.8 Å². The number of H-pyrrole nitrogens is 1. The molecule has 1 aromatic heterocycles. The first kappa shape index (κ1) is 24.7. The van der Waals surface area contributed by atoms with E-state index < -0.39 is 62.3 Å². The van der Waals surface area contributed by atoms with Crippen LogP contribution in [0.1, 0.15) is 5.56 Å². The quantitative estimate of drug-likeness (QED) is 0.305. The summed E-state index contributed by atoms with van der Waals surface area (Å²) in [6.07, 6.45) is -5.65. The van der Waals surface area contributed by atoms with Gasteiger partial charge in [-0.25, -0.2) is 13.6 Å². The van der Waals surface area contributed by atoms with Crippen molar-refractivity contribution in [1.29, 1.82) is 0 Å². The van der Waals surface area contributed by atoms with Crippen LogP contribution in [-0.4, -0.2) is 41.7 Å². The molecular weight excluding hydrogens is 507 g/mol. The van der Waals surface area contributed by atoms with Crippen LogP contribution >= 0.6 is 23.4 Å². The molecule has 1 aliphatic heterocycles. The van der Waals surface area contributed by atoms with E-state index >= 15 is 0 Å². The maximum atomic E-state index is 14.8. The van der Waals surface area contributed by atoms with Crippen LogP contribution in [0.3, 0.4) is 0 Å². The fourth-order valence-electron chi connectivity index (χ4n) is 3.77. The Hall–Kier alpha value is -2.41. The molecule has 3 aromatic rings. The lowest BCUT2D eigenvalue weighted by Gasteiger charge is -2.20. The van der Waals surface area contributed by atoms with Gasteiger partial charge in [0, 0.05) is 35.0 Å². The Balaban J connectivity index is 2.08. The van der Waals surface area contributed by atoms with Gasteiger partial charge in [0.05, 0.1) is 47.4 Å². The Morgan fingerprint density at radius 2 is 1.91 bits per heavy atom. The molecule has 2 heterocycles. The van der Waals surface area contributed by atoms with E-state index in [9.17, 15) is 31.5 Å². The second kappa shape index (κ2) is 9.33. The number of nitrogens with zero attached hydrogens (tertiary/aromatic N) is 1. The summed E-state index contributed by atoms with van der Waals surface area (Å²) in [6.45, 7) is 0.322. The molecule has 4 rings (SSSR count). The highest BCUT2D eigenvalue weighted by molar-refractivity contribution is 7.99. The van der Waals surface area contributed by atoms with Crippen LogP contribution in [-0.2, 0) is 22.2 Å². The highest BCUT2D eigenvalue weighted by atomic mass is 35.5. The predicted octanol–water partition coefficient (Wildman–Crippen LogP) is 4.44. The first-order valence-electron chi connectivity index (χ1n) is 9.82. The van der Waals surface area contributed by atoms with Gasteiger partial charge >= 0.3 is 11.9 Å². The Bertz CT molecular complexity index is 1390. The number of hydrogen-bond donors (Lipinski definition) is 1. The first-order valence-corrected chi connectivity index (χ1v) is 11.2. The van der Waals surface area contributed by atoms with Gasteiger partial charge in [0.15, 0.2) is 0 Å². The smallest absolute Gasteiger partial charge is 0.382 e. The number of aromatic nitrogens is 2. The zero-order valence-electron chi connectivity index (χ0n) is 17.4. The molecular formula is C21H16ClF5N2O4S. The molecule has 182 valence electrons. The molecule has 2 aromatic carbocycles. The Kier molecular flexibility index (Phi) is 6.78. The number of alkyl halides is 3. The van der Waals surface area contributed by atoms with Gasteiger partial charge in [-0.1, -0.05) is 11.6 Å². The molecule has 34 heavy (non-hydrogen) atoms. The van der Waals surface area contributed by atoms with E-state index in [0.717, 1.165) is 22.4 Å². The molecule has 0 aliphatic carbocycles. The van der Waals surface area contributed by atoms with E-state index in [1.54, 1.807) is 0 Å². The molecule has 0 amide bonds. The molecule has 6 nitrogen and oxygen atoms in total. The number of ether oxygens (including phenoxy) is 2. The van der Waals surface area contributed by atoms with Crippen molar-refractivity contribution in [3.63, 3.8) is 0 Å². The summed E-state index contributed by atoms with van der Waals surface area (Å²) in [5, 5.41) is -0.983. The Morgan fingerprint density at radius 1 is 1.18 bits per heavy atom. The van der Waals surface area contributed by atoms with Crippen molar-refractivity contribution in [2.45, 2.75) is 23.7 Å². The summed E-state index contributed by atoms with van der Waals surface area (Å²) in [5.41, 5.74) is -4.55. The van der Waals surface area contributed by atoms with Gasteiger partial charge in [-0.2, -0.15) is 13.2 Å². The third-order valence-electron chi connectivity index (χ3n) is 5.26. The monoisotopic (exact) mass is 522 g/mol. The van der Waals surface area contributed by atoms with E-state index in [1.807, 2.05) is 4.98 Å². The van der Waals surface area contributed by atoms with E-state index in [2.05, 4.69) is 0 Å². The van der Waals surface area contributed by atoms with Crippen molar-refractivity contribution < 1.29 is 31.4 Å². The van der Waals surface area contributed by atoms with Gasteiger partial charge in [0.2, 0.25) is 0 Å². The molecule has 1 N–H and O–H groups in total. The minimum atomic E-state index is -5.01. The summed E-state index contributed by atoms with van der Waals surface area (Å²) >= 11 is 6.64. The van der Waals surface area contributed by atoms with Crippen LogP contribution in [0.4, 0.5) is 22.0 Å². The minimum Gasteiger partial charge on any atom is -0.382 e. The van der Waals surface area contributed by atoms with Gasteiger partial charge in [0.1, 0.15) is 11.6 Å². The van der Waals surface area contributed by atoms with Gasteiger partial charge in [-0.05, 0) is 12.1 Å². The van der Waals surface area contributed by atoms with E-state index in [0.29, 0.717) is 12.1 Å². The minimum absolute atomic E-state index is 0.0761. The molecule has 0 spiro atoms. The maximum absolute atomic E-state index is 14.8. The zero-order chi connectivity index (χ0) is 24.8. The maximum Gasteiger partial charge on any atom is 0.417 e. The molecule has 13 heteroatoms. The van der Waals surface area contributed by atoms with Gasteiger partial charge in [0.25, 0.3) is 5.56 Å². The molecule has 0 saturated carbocycles. The molecule has 0 radical (unpaired) electrons. The van der Waals surface area contributed by atoms with Crippen LogP contribution < -0.4 is 11.2 Å². The highest BCUT2D eigenvalue weighted by Gasteiger charge is 2.38. The number of hydrogen-bond acceptors (Lipinski definition) is 5. The number of aromatic amines is 1. The fourth-order valence-corrected chi connectivity index (χ4v) is 5.21. The van der Waals surface area contributed by atoms with Crippen molar-refractivity contribution in [3.8, 4) is 11.1 Å². The SMILES string of the molecule is COCCO[C@H]1CSc2c(-c3cc(Cl)c(F)cc3F)c(C(F)(F)F)cc3c(=O)[nH]c(=O)n(c23)C1. The summed E-state index contributed by atoms with van der Waals surface area (Å²) < 4.78 is 82.7. The normalized spacial score (nSPS) is 16.1. The van der Waals surface area contributed by atoms with Crippen molar-refractivity contribution in [2.75, 3.05) is 26.1 Å². The summed E-state index contributed by atoms with van der Waals surface area (Å²) in [5.74, 6) is -2.34. The lowest BCUT2D eigenvalue weighted by Crippen LogP contribution is -2.34. The number of thioether (sulfide) groups is 1. The lowest BCUT2D eigenvalue weighted by molar-refractivity contribution is -0.137. The second-order valence-electron chi connectivity index (χ2n) is 7.43. The molecule has 0 saturated heterocycles. The molecule has 0 bridgehead atoms. The van der Waals surface area contributed by atoms with Crippen molar-refractivity contribution in [1.82, 2.24) is 9.55 Å². The largest absolute Gasteiger partial charge is 0.417 e. The summed E-state index contributed by atoms with van der Waals surface area (Å²) in [6, 6.07) is 1.71. The summed E-state index contributed by atoms with van der Waals surface area (Å²) in [7, 11) is 1.46. The fraction of sp³-hybridized carbons (Fsp3) is 0.333. The topological polar surface area (TPSA) is 73.3 Å². The van der Waals surface area contributed by atoms with E-state index in [1.165, 1.54) is 7.11 Å². The average Bonchev–Trinajstić information content (AvgIpc) is 2.94. The number of nitrogens with one attached hydrogen (secondary N) is 1. The van der Waals surface area contributed by atoms with Crippen LogP contribution in [0.5, 0.6) is 0 Å². The molecule has 0 unspecified atom stereocenters. The van der Waals surface area contributed by atoms with Crippen LogP contribution in [0, 0.1) is 11.6 Å². The molecule has 1 aliphatic rings. The van der Waals surface area contributed by atoms with Gasteiger partial charge < -0.3 is 9.47 Å². The van der Waals surface area contributed by atoms with Crippen LogP contribution in [0.25, 0.3) is 22.0 Å². The standard InChI is InChI=1S/C21H16ClF5N2O4S/c1-32-2-3-33-9-7-29-17-11(19(30)28-20(29)31)4-12(21(25,26)27)16(18(17)34-8-9)10-5-13(22)15(24)6-14(10)23/h4-6,9H,2-3,7-8H2,1H3,(H,28,30,31)/t9-/m1/s1. The number of benzene rings is 2. The molecule has 1 atom stereocenters. The predicted molar refractivity (Wildman–Crippen MR) is 117 cm³/mol. The van der Waals surface area contributed by atoms with E-state index in [4.69, 9.17) is 21.1 Å². The Labute approximate surface area is 197 Å². The van der Waals surface area contributed by atoms with Crippen LogP contribution in [0.2, 0.25) is 5.02 Å². The summed E-state index contributed by atoms with van der Waals surface area (Å²) in [4.78, 5) is 27.0. The van der Waals surface area contributed by atoms with Gasteiger partial charge in [-0.3, -0.25) is 14.3 Å². The van der Waals surface area contributed by atoms with Crippen molar-refractivity contribution in [3.05, 3.63) is 61.3 Å². The molecule has 0 fully saturated rings. The van der Waals surface area contributed by atoms with Crippen LogP contribution in [0.15, 0.2) is 32.7 Å². The lowest BCUT2D eigenvalue weighted by atomic mass is 9.96. The number of methoxy groups -OCH3 is 1. The average molecular weight is 523 g/mol. The number of rotatable bonds is 5. The van der Waals surface area contributed by atoms with Crippen molar-refractivity contribution >= 4 is 34.3 Å². The third kappa shape index (κ3) is 4.47. The first-order chi connectivity index (χ1) is 16.0. The second-order valence-corrected chi connectivity index (χ2v) is 8.87. The van der Waals surface area contributed by atoms with E-state index in [-0.39, 0.29) is 35.9 Å². The highest BCUT2D eigenvalue weighted by Crippen LogP contribution is 2.47. The third-order valence-corrected chi connectivity index (χ3v) is 6.78. The van der Waals surface area contributed by atoms with Crippen molar-refractivity contribution in [2.24, 2.45) is 0 Å².